The number of methoxy groups -OCH3 is 1. The van der Waals surface area contributed by atoms with E-state index in [4.69, 9.17) is 4.74 Å². The summed E-state index contributed by atoms with van der Waals surface area (Å²) in [7, 11) is 5.89. The summed E-state index contributed by atoms with van der Waals surface area (Å²) in [5.74, 6) is 0.602. The molecule has 2 aromatic carbocycles. The lowest BCUT2D eigenvalue weighted by Gasteiger charge is -2.33. The second-order valence-electron chi connectivity index (χ2n) is 10.1. The number of nitrogens with zero attached hydrogens (tertiary/aromatic N) is 5. The molecule has 0 spiro atoms. The molecule has 8 heteroatoms. The number of nitroso groups, excluding NO2 is 1. The van der Waals surface area contributed by atoms with E-state index in [9.17, 15) is 9.70 Å². The van der Waals surface area contributed by atoms with Crippen molar-refractivity contribution in [2.45, 2.75) is 44.1 Å². The van der Waals surface area contributed by atoms with Gasteiger partial charge >= 0.3 is 0 Å². The Labute approximate surface area is 211 Å². The Morgan fingerprint density at radius 3 is 2.31 bits per heavy atom. The third-order valence-corrected chi connectivity index (χ3v) is 7.60. The molecule has 1 aliphatic carbocycles. The Morgan fingerprint density at radius 2 is 1.69 bits per heavy atom. The molecule has 1 amide bonds. The first kappa shape index (κ1) is 24.2. The van der Waals surface area contributed by atoms with Gasteiger partial charge in [-0.1, -0.05) is 30.2 Å². The van der Waals surface area contributed by atoms with Gasteiger partial charge in [-0.05, 0) is 75.3 Å². The number of rotatable bonds is 8. The molecule has 1 aromatic heterocycles. The molecule has 0 unspecified atom stereocenters. The fourth-order valence-corrected chi connectivity index (χ4v) is 5.97. The molecular formula is C28H33N5O3. The number of hydrogen-bond donors (Lipinski definition) is 0. The lowest BCUT2D eigenvalue weighted by atomic mass is 9.78. The maximum atomic E-state index is 13.8. The van der Waals surface area contributed by atoms with Crippen LogP contribution in [0.4, 0.5) is 5.69 Å². The van der Waals surface area contributed by atoms with E-state index in [1.807, 2.05) is 29.2 Å². The topological polar surface area (TPSA) is 80.0 Å². The average molecular weight is 488 g/mol. The number of carbonyl (C=O) groups excluding carboxylic acids is 1. The van der Waals surface area contributed by atoms with Crippen molar-refractivity contribution >= 4 is 11.6 Å². The molecule has 1 saturated carbocycles. The van der Waals surface area contributed by atoms with Gasteiger partial charge in [0.25, 0.3) is 5.91 Å². The maximum absolute atomic E-state index is 13.8. The van der Waals surface area contributed by atoms with Crippen molar-refractivity contribution < 1.29 is 9.53 Å². The van der Waals surface area contributed by atoms with Crippen molar-refractivity contribution in [2.24, 2.45) is 5.18 Å². The van der Waals surface area contributed by atoms with Crippen LogP contribution in [0.15, 0.2) is 53.7 Å². The number of anilines is 1. The highest BCUT2D eigenvalue weighted by molar-refractivity contribution is 6.07. The van der Waals surface area contributed by atoms with Crippen molar-refractivity contribution in [1.29, 1.82) is 0 Å². The lowest BCUT2D eigenvalue weighted by molar-refractivity contribution is 0.0973. The molecular weight excluding hydrogens is 454 g/mol. The van der Waals surface area contributed by atoms with Crippen LogP contribution in [0.2, 0.25) is 0 Å². The summed E-state index contributed by atoms with van der Waals surface area (Å²) in [5, 5.41) is 7.67. The van der Waals surface area contributed by atoms with Crippen LogP contribution >= 0.6 is 0 Å². The summed E-state index contributed by atoms with van der Waals surface area (Å²) in [6.07, 6.45) is 5.54. The SMILES string of the molecule is COc1ccc(-n2nc(CN=O)c3c2C(=O)N(c2ccc(C4(CN(C)C)CCCC4)cc2)CC3)cc1. The molecule has 8 nitrogen and oxygen atoms in total. The second-order valence-corrected chi connectivity index (χ2v) is 10.1. The number of amides is 1. The summed E-state index contributed by atoms with van der Waals surface area (Å²) in [5.41, 5.74) is 5.01. The molecule has 2 heterocycles. The molecule has 5 rings (SSSR count). The highest BCUT2D eigenvalue weighted by atomic mass is 16.5. The molecule has 188 valence electrons. The number of ether oxygens (including phenoxy) is 1. The normalized spacial score (nSPS) is 16.9. The Morgan fingerprint density at radius 1 is 1.03 bits per heavy atom. The summed E-state index contributed by atoms with van der Waals surface area (Å²) in [6, 6.07) is 15.9. The van der Waals surface area contributed by atoms with E-state index >= 15 is 0 Å². The van der Waals surface area contributed by atoms with Gasteiger partial charge in [-0.3, -0.25) is 4.79 Å². The number of aromatic nitrogens is 2. The summed E-state index contributed by atoms with van der Waals surface area (Å²) < 4.78 is 6.91. The molecule has 36 heavy (non-hydrogen) atoms. The molecule has 0 radical (unpaired) electrons. The number of fused-ring (bicyclic) bond motifs is 1. The van der Waals surface area contributed by atoms with Gasteiger partial charge in [0.1, 0.15) is 18.0 Å². The molecule has 3 aromatic rings. The van der Waals surface area contributed by atoms with E-state index in [-0.39, 0.29) is 17.9 Å². The largest absolute Gasteiger partial charge is 0.497 e. The van der Waals surface area contributed by atoms with Crippen LogP contribution in [-0.4, -0.2) is 54.9 Å². The minimum atomic E-state index is -0.117. The van der Waals surface area contributed by atoms with Crippen molar-refractivity contribution in [3.63, 3.8) is 0 Å². The van der Waals surface area contributed by atoms with Crippen LogP contribution in [0.5, 0.6) is 5.75 Å². The molecule has 1 aliphatic heterocycles. The number of benzene rings is 2. The Hall–Kier alpha value is -3.52. The van der Waals surface area contributed by atoms with Gasteiger partial charge < -0.3 is 14.5 Å². The Balaban J connectivity index is 1.48. The van der Waals surface area contributed by atoms with E-state index < -0.39 is 0 Å². The standard InChI is InChI=1S/C28H33N5O3/c1-31(2)19-28(15-4-5-16-28)20-6-8-21(9-7-20)32-17-14-24-25(18-29-35)30-33(26(24)27(32)34)22-10-12-23(36-3)13-11-22/h6-13H,4-5,14-19H2,1-3H3. The third kappa shape index (κ3) is 4.30. The summed E-state index contributed by atoms with van der Waals surface area (Å²) in [6.45, 7) is 1.52. The van der Waals surface area contributed by atoms with Crippen LogP contribution in [-0.2, 0) is 18.4 Å². The zero-order chi connectivity index (χ0) is 25.3. The van der Waals surface area contributed by atoms with Gasteiger partial charge in [0, 0.05) is 29.8 Å². The van der Waals surface area contributed by atoms with Gasteiger partial charge in [-0.2, -0.15) is 10.0 Å². The van der Waals surface area contributed by atoms with E-state index in [1.165, 1.54) is 31.2 Å². The van der Waals surface area contributed by atoms with Crippen molar-refractivity contribution in [3.05, 3.63) is 76.0 Å². The lowest BCUT2D eigenvalue weighted by Crippen LogP contribution is -2.39. The average Bonchev–Trinajstić information content (AvgIpc) is 3.50. The first-order chi connectivity index (χ1) is 17.5. The van der Waals surface area contributed by atoms with E-state index in [2.05, 4.69) is 53.5 Å². The third-order valence-electron chi connectivity index (χ3n) is 7.60. The maximum Gasteiger partial charge on any atom is 0.277 e. The molecule has 1 fully saturated rings. The second kappa shape index (κ2) is 9.85. The predicted octanol–water partition coefficient (Wildman–Crippen LogP) is 4.72. The number of hydrogen-bond acceptors (Lipinski definition) is 6. The smallest absolute Gasteiger partial charge is 0.277 e. The highest BCUT2D eigenvalue weighted by Crippen LogP contribution is 2.42. The van der Waals surface area contributed by atoms with Gasteiger partial charge in [0.2, 0.25) is 0 Å². The fraction of sp³-hybridized carbons (Fsp3) is 0.429. The minimum absolute atomic E-state index is 0.0541. The van der Waals surface area contributed by atoms with Crippen LogP contribution < -0.4 is 9.64 Å². The van der Waals surface area contributed by atoms with Gasteiger partial charge in [0.15, 0.2) is 0 Å². The van der Waals surface area contributed by atoms with Crippen LogP contribution in [0.1, 0.15) is 53.0 Å². The highest BCUT2D eigenvalue weighted by Gasteiger charge is 2.37. The number of carbonyl (C=O) groups is 1. The predicted molar refractivity (Wildman–Crippen MR) is 140 cm³/mol. The quantitative estimate of drug-likeness (QED) is 0.430. The first-order valence-corrected chi connectivity index (χ1v) is 12.6. The Bertz CT molecular complexity index is 1240. The van der Waals surface area contributed by atoms with Crippen molar-refractivity contribution in [2.75, 3.05) is 39.2 Å². The zero-order valence-corrected chi connectivity index (χ0v) is 21.2. The molecule has 0 atom stereocenters. The zero-order valence-electron chi connectivity index (χ0n) is 21.2. The fourth-order valence-electron chi connectivity index (χ4n) is 5.97. The first-order valence-electron chi connectivity index (χ1n) is 12.6. The van der Waals surface area contributed by atoms with E-state index in [1.54, 1.807) is 11.8 Å². The van der Waals surface area contributed by atoms with Crippen molar-refractivity contribution in [1.82, 2.24) is 14.7 Å². The van der Waals surface area contributed by atoms with Crippen LogP contribution in [0.25, 0.3) is 5.69 Å². The summed E-state index contributed by atoms with van der Waals surface area (Å²) >= 11 is 0. The minimum Gasteiger partial charge on any atom is -0.497 e. The van der Waals surface area contributed by atoms with Gasteiger partial charge in [-0.25, -0.2) is 4.68 Å². The van der Waals surface area contributed by atoms with Gasteiger partial charge in [0.05, 0.1) is 18.5 Å². The molecule has 0 N–H and O–H groups in total. The molecule has 0 bridgehead atoms. The Kier molecular flexibility index (Phi) is 6.62. The summed E-state index contributed by atoms with van der Waals surface area (Å²) in [4.78, 5) is 29.0. The molecule has 2 aliphatic rings. The monoisotopic (exact) mass is 487 g/mol. The molecule has 0 saturated heterocycles. The van der Waals surface area contributed by atoms with Crippen LogP contribution in [0, 0.1) is 4.91 Å². The van der Waals surface area contributed by atoms with E-state index in [0.29, 0.717) is 24.4 Å². The van der Waals surface area contributed by atoms with Gasteiger partial charge in [-0.15, -0.1) is 0 Å². The van der Waals surface area contributed by atoms with Crippen molar-refractivity contribution in [3.8, 4) is 11.4 Å². The number of likely N-dealkylation sites (N-methyl/N-ethyl adjacent to an activating group) is 1. The van der Waals surface area contributed by atoms with Crippen LogP contribution in [0.3, 0.4) is 0 Å². The van der Waals surface area contributed by atoms with E-state index in [0.717, 1.165) is 29.2 Å².